The summed E-state index contributed by atoms with van der Waals surface area (Å²) >= 11 is 0. The normalized spacial score (nSPS) is 15.1. The van der Waals surface area contributed by atoms with Gasteiger partial charge in [-0.1, -0.05) is 29.8 Å². The quantitative estimate of drug-likeness (QED) is 0.429. The van der Waals surface area contributed by atoms with Gasteiger partial charge in [0.25, 0.3) is 0 Å². The molecule has 2 heterocycles. The summed E-state index contributed by atoms with van der Waals surface area (Å²) in [5, 5.41) is 20.2. The van der Waals surface area contributed by atoms with E-state index in [9.17, 15) is 19.9 Å². The van der Waals surface area contributed by atoms with Crippen LogP contribution < -0.4 is 4.74 Å². The van der Waals surface area contributed by atoms with Gasteiger partial charge in [-0.3, -0.25) is 10.0 Å². The van der Waals surface area contributed by atoms with Crippen molar-refractivity contribution >= 4 is 12.0 Å². The summed E-state index contributed by atoms with van der Waals surface area (Å²) in [7, 11) is 2.83. The highest BCUT2D eigenvalue weighted by Gasteiger charge is 2.49. The lowest BCUT2D eigenvalue weighted by atomic mass is 9.78. The van der Waals surface area contributed by atoms with E-state index in [1.165, 1.54) is 11.9 Å². The smallest absolute Gasteiger partial charge is 0.343 e. The van der Waals surface area contributed by atoms with E-state index >= 15 is 0 Å². The summed E-state index contributed by atoms with van der Waals surface area (Å²) in [4.78, 5) is 30.8. The van der Waals surface area contributed by atoms with Crippen molar-refractivity contribution in [3.8, 4) is 28.3 Å². The molecule has 9 heteroatoms. The molecule has 0 saturated carbocycles. The molecule has 0 radical (unpaired) electrons. The Labute approximate surface area is 197 Å². The zero-order valence-electron chi connectivity index (χ0n) is 19.3. The van der Waals surface area contributed by atoms with Gasteiger partial charge in [-0.2, -0.15) is 0 Å². The molecule has 9 nitrogen and oxygen atoms in total. The Balaban J connectivity index is 1.78. The number of aliphatic carboxylic acids is 1. The lowest BCUT2D eigenvalue weighted by molar-refractivity contribution is -0.147. The van der Waals surface area contributed by atoms with Crippen LogP contribution in [-0.4, -0.2) is 64.5 Å². The van der Waals surface area contributed by atoms with E-state index in [1.54, 1.807) is 19.2 Å². The van der Waals surface area contributed by atoms with Crippen molar-refractivity contribution in [3.05, 3.63) is 60.0 Å². The van der Waals surface area contributed by atoms with E-state index in [4.69, 9.17) is 14.1 Å². The number of ether oxygens (including phenoxy) is 1. The number of hydrogen-bond acceptors (Lipinski definition) is 6. The van der Waals surface area contributed by atoms with Gasteiger partial charge in [0.1, 0.15) is 16.9 Å². The number of carbonyl (C=O) groups is 2. The van der Waals surface area contributed by atoms with E-state index < -0.39 is 17.4 Å². The predicted octanol–water partition coefficient (Wildman–Crippen LogP) is 4.18. The summed E-state index contributed by atoms with van der Waals surface area (Å²) in [6.45, 7) is 2.28. The maximum atomic E-state index is 12.5. The molecular weight excluding hydrogens is 438 g/mol. The lowest BCUT2D eigenvalue weighted by Crippen LogP contribution is -2.51. The van der Waals surface area contributed by atoms with E-state index in [0.717, 1.165) is 16.7 Å². The number of hydroxylamine groups is 2. The maximum Gasteiger partial charge on any atom is 0.343 e. The van der Waals surface area contributed by atoms with Gasteiger partial charge in [0.05, 0.1) is 7.11 Å². The number of benzene rings is 2. The van der Waals surface area contributed by atoms with E-state index in [1.807, 2.05) is 43.3 Å². The number of carboxylic acid groups (broad SMARTS) is 1. The molecule has 2 N–H and O–H groups in total. The minimum absolute atomic E-state index is 0.103. The van der Waals surface area contributed by atoms with Crippen LogP contribution in [0.5, 0.6) is 5.75 Å². The van der Waals surface area contributed by atoms with Crippen molar-refractivity contribution in [2.45, 2.75) is 25.2 Å². The molecule has 1 aliphatic rings. The fourth-order valence-corrected chi connectivity index (χ4v) is 4.17. The number of likely N-dealkylation sites (tertiary alicyclic amines) is 1. The van der Waals surface area contributed by atoms with E-state index in [2.05, 4.69) is 0 Å². The van der Waals surface area contributed by atoms with Gasteiger partial charge in [0, 0.05) is 31.3 Å². The van der Waals surface area contributed by atoms with Gasteiger partial charge in [0.2, 0.25) is 5.89 Å². The number of oxazole rings is 1. The third-order valence-corrected chi connectivity index (χ3v) is 6.29. The highest BCUT2D eigenvalue weighted by molar-refractivity contribution is 5.83. The molecule has 0 spiro atoms. The number of methoxy groups -OCH3 is 1. The summed E-state index contributed by atoms with van der Waals surface area (Å²) in [6.07, 6.45) is 0.218. The predicted molar refractivity (Wildman–Crippen MR) is 124 cm³/mol. The largest absolute Gasteiger partial charge is 0.497 e. The fourth-order valence-electron chi connectivity index (χ4n) is 4.17. The molecule has 3 aromatic rings. The molecule has 0 bridgehead atoms. The highest BCUT2D eigenvalue weighted by atomic mass is 16.5. The van der Waals surface area contributed by atoms with Crippen molar-refractivity contribution in [2.24, 2.45) is 0 Å². The molecule has 1 aliphatic heterocycles. The first-order valence-corrected chi connectivity index (χ1v) is 10.9. The Morgan fingerprint density at radius 3 is 2.18 bits per heavy atom. The van der Waals surface area contributed by atoms with Gasteiger partial charge in [-0.25, -0.2) is 14.8 Å². The third-order valence-electron chi connectivity index (χ3n) is 6.29. The molecule has 178 valence electrons. The molecule has 34 heavy (non-hydrogen) atoms. The van der Waals surface area contributed by atoms with Gasteiger partial charge in [-0.05, 0) is 44.0 Å². The first-order chi connectivity index (χ1) is 16.2. The zero-order valence-corrected chi connectivity index (χ0v) is 19.3. The monoisotopic (exact) mass is 465 g/mol. The lowest BCUT2D eigenvalue weighted by Gasteiger charge is -2.37. The van der Waals surface area contributed by atoms with Crippen LogP contribution in [0.2, 0.25) is 0 Å². The van der Waals surface area contributed by atoms with Gasteiger partial charge >= 0.3 is 12.0 Å². The summed E-state index contributed by atoms with van der Waals surface area (Å²) in [5.74, 6) is 0.199. The molecule has 4 rings (SSSR count). The molecular formula is C25H27N3O6. The Morgan fingerprint density at radius 2 is 1.65 bits per heavy atom. The molecule has 1 fully saturated rings. The standard InChI is InChI=1S/C25H27N3O6/c1-16-4-6-17(7-5-16)20-21(18-8-10-19(33-3)11-9-18)34-22(26-20)25(23(29)30)12-14-28(15-13-25)24(31)27(2)32/h4-11,32H,12-15H2,1-3H3,(H,29,30). The van der Waals surface area contributed by atoms with E-state index in [-0.39, 0.29) is 31.8 Å². The topological polar surface area (TPSA) is 116 Å². The third kappa shape index (κ3) is 4.22. The first kappa shape index (κ1) is 23.3. The van der Waals surface area contributed by atoms with Gasteiger partial charge in [-0.15, -0.1) is 0 Å². The number of urea groups is 1. The highest BCUT2D eigenvalue weighted by Crippen LogP contribution is 2.41. The summed E-state index contributed by atoms with van der Waals surface area (Å²) in [5.41, 5.74) is 1.79. The van der Waals surface area contributed by atoms with Gasteiger partial charge in [0.15, 0.2) is 5.76 Å². The number of aromatic nitrogens is 1. The fraction of sp³-hybridized carbons (Fsp3) is 0.320. The number of piperidine rings is 1. The number of carbonyl (C=O) groups excluding carboxylic acids is 1. The SMILES string of the molecule is COc1ccc(-c2oc(C3(C(=O)O)CCN(C(=O)N(C)O)CC3)nc2-c2ccc(C)cc2)cc1. The van der Waals surface area contributed by atoms with Crippen molar-refractivity contribution in [2.75, 3.05) is 27.2 Å². The Hall–Kier alpha value is -3.85. The zero-order chi connectivity index (χ0) is 24.5. The molecule has 0 unspecified atom stereocenters. The van der Waals surface area contributed by atoms with Crippen molar-refractivity contribution in [1.29, 1.82) is 0 Å². The van der Waals surface area contributed by atoms with Crippen LogP contribution in [-0.2, 0) is 10.2 Å². The van der Waals surface area contributed by atoms with Crippen molar-refractivity contribution in [3.63, 3.8) is 0 Å². The van der Waals surface area contributed by atoms with Gasteiger partial charge < -0.3 is 19.2 Å². The summed E-state index contributed by atoms with van der Waals surface area (Å²) in [6, 6.07) is 14.5. The van der Waals surface area contributed by atoms with Crippen LogP contribution >= 0.6 is 0 Å². The second-order valence-corrected chi connectivity index (χ2v) is 8.47. The second kappa shape index (κ2) is 9.18. The minimum atomic E-state index is -1.39. The van der Waals surface area contributed by atoms with Crippen LogP contribution in [0.25, 0.3) is 22.6 Å². The first-order valence-electron chi connectivity index (χ1n) is 10.9. The maximum absolute atomic E-state index is 12.5. The summed E-state index contributed by atoms with van der Waals surface area (Å²) < 4.78 is 11.5. The van der Waals surface area contributed by atoms with Crippen LogP contribution in [0.4, 0.5) is 4.79 Å². The molecule has 0 aliphatic carbocycles. The molecule has 1 aromatic heterocycles. The number of amides is 2. The minimum Gasteiger partial charge on any atom is -0.497 e. The van der Waals surface area contributed by atoms with Crippen LogP contribution in [0.15, 0.2) is 52.9 Å². The van der Waals surface area contributed by atoms with Crippen LogP contribution in [0.3, 0.4) is 0 Å². The molecule has 1 saturated heterocycles. The average molecular weight is 466 g/mol. The van der Waals surface area contributed by atoms with Crippen LogP contribution in [0, 0.1) is 6.92 Å². The Kier molecular flexibility index (Phi) is 6.30. The second-order valence-electron chi connectivity index (χ2n) is 8.47. The van der Waals surface area contributed by atoms with Crippen LogP contribution in [0.1, 0.15) is 24.3 Å². The number of carboxylic acids is 1. The van der Waals surface area contributed by atoms with Crippen molar-refractivity contribution < 1.29 is 29.1 Å². The Bertz CT molecular complexity index is 1180. The van der Waals surface area contributed by atoms with E-state index in [0.29, 0.717) is 22.3 Å². The Morgan fingerprint density at radius 1 is 1.06 bits per heavy atom. The number of aryl methyl sites for hydroxylation is 1. The molecule has 2 aromatic carbocycles. The molecule has 2 amide bonds. The number of hydrogen-bond donors (Lipinski definition) is 2. The average Bonchev–Trinajstić information content (AvgIpc) is 3.30. The van der Waals surface area contributed by atoms with Crippen molar-refractivity contribution in [1.82, 2.24) is 14.9 Å². The molecule has 0 atom stereocenters. The number of nitrogens with zero attached hydrogens (tertiary/aromatic N) is 3. The number of rotatable bonds is 5.